The summed E-state index contributed by atoms with van der Waals surface area (Å²) in [5.41, 5.74) is 3.74. The van der Waals surface area contributed by atoms with Gasteiger partial charge in [0.2, 0.25) is 5.91 Å². The SMILES string of the molecule is COc1ccc(-c2csc3c(=O)n(CC(=O)Nc4cc(C)ccc4OC)cnc23)cc1. The maximum atomic E-state index is 12.9. The predicted octanol–water partition coefficient (Wildman–Crippen LogP) is 4.09. The molecule has 31 heavy (non-hydrogen) atoms. The van der Waals surface area contributed by atoms with E-state index in [0.29, 0.717) is 21.7 Å². The molecule has 0 saturated carbocycles. The van der Waals surface area contributed by atoms with Crippen LogP contribution in [0.3, 0.4) is 0 Å². The Morgan fingerprint density at radius 1 is 1.13 bits per heavy atom. The van der Waals surface area contributed by atoms with E-state index in [0.717, 1.165) is 22.4 Å². The van der Waals surface area contributed by atoms with Crippen LogP contribution < -0.4 is 20.3 Å². The lowest BCUT2D eigenvalue weighted by Crippen LogP contribution is -2.27. The van der Waals surface area contributed by atoms with Crippen molar-refractivity contribution in [1.82, 2.24) is 9.55 Å². The number of carbonyl (C=O) groups is 1. The van der Waals surface area contributed by atoms with Gasteiger partial charge >= 0.3 is 0 Å². The lowest BCUT2D eigenvalue weighted by molar-refractivity contribution is -0.116. The molecular formula is C23H21N3O4S. The zero-order valence-electron chi connectivity index (χ0n) is 17.3. The Balaban J connectivity index is 1.59. The summed E-state index contributed by atoms with van der Waals surface area (Å²) in [6.45, 7) is 1.78. The van der Waals surface area contributed by atoms with Crippen molar-refractivity contribution in [2.75, 3.05) is 19.5 Å². The second-order valence-electron chi connectivity index (χ2n) is 6.99. The molecule has 0 radical (unpaired) electrons. The maximum absolute atomic E-state index is 12.9. The fourth-order valence-corrected chi connectivity index (χ4v) is 4.27. The second-order valence-corrected chi connectivity index (χ2v) is 7.86. The van der Waals surface area contributed by atoms with Crippen molar-refractivity contribution in [3.63, 3.8) is 0 Å². The molecule has 0 aliphatic rings. The van der Waals surface area contributed by atoms with E-state index in [1.165, 1.54) is 22.2 Å². The van der Waals surface area contributed by atoms with Crippen molar-refractivity contribution in [2.45, 2.75) is 13.5 Å². The summed E-state index contributed by atoms with van der Waals surface area (Å²) >= 11 is 1.32. The number of methoxy groups -OCH3 is 2. The molecule has 0 unspecified atom stereocenters. The van der Waals surface area contributed by atoms with E-state index in [-0.39, 0.29) is 18.0 Å². The summed E-state index contributed by atoms with van der Waals surface area (Å²) in [5.74, 6) is 0.983. The molecule has 7 nitrogen and oxygen atoms in total. The first-order valence-electron chi connectivity index (χ1n) is 9.55. The number of thiophene rings is 1. The lowest BCUT2D eigenvalue weighted by Gasteiger charge is -2.11. The molecule has 2 heterocycles. The molecule has 1 N–H and O–H groups in total. The van der Waals surface area contributed by atoms with Gasteiger partial charge in [0, 0.05) is 10.9 Å². The van der Waals surface area contributed by atoms with Crippen molar-refractivity contribution in [3.05, 3.63) is 70.1 Å². The van der Waals surface area contributed by atoms with Crippen LogP contribution in [0.25, 0.3) is 21.3 Å². The minimum Gasteiger partial charge on any atom is -0.497 e. The highest BCUT2D eigenvalue weighted by molar-refractivity contribution is 7.17. The van der Waals surface area contributed by atoms with Gasteiger partial charge in [-0.2, -0.15) is 0 Å². The third-order valence-corrected chi connectivity index (χ3v) is 5.85. The highest BCUT2D eigenvalue weighted by Gasteiger charge is 2.15. The van der Waals surface area contributed by atoms with Gasteiger partial charge < -0.3 is 14.8 Å². The number of ether oxygens (including phenoxy) is 2. The van der Waals surface area contributed by atoms with E-state index in [1.807, 2.05) is 48.7 Å². The Morgan fingerprint density at radius 2 is 1.90 bits per heavy atom. The van der Waals surface area contributed by atoms with Crippen LogP contribution in [-0.2, 0) is 11.3 Å². The van der Waals surface area contributed by atoms with Crippen LogP contribution >= 0.6 is 11.3 Å². The molecule has 2 aromatic carbocycles. The Morgan fingerprint density at radius 3 is 2.61 bits per heavy atom. The summed E-state index contributed by atoms with van der Waals surface area (Å²) in [4.78, 5) is 30.0. The summed E-state index contributed by atoms with van der Waals surface area (Å²) in [5, 5.41) is 4.71. The van der Waals surface area contributed by atoms with Crippen LogP contribution in [0.1, 0.15) is 5.56 Å². The molecular weight excluding hydrogens is 414 g/mol. The smallest absolute Gasteiger partial charge is 0.271 e. The number of aromatic nitrogens is 2. The van der Waals surface area contributed by atoms with Gasteiger partial charge in [-0.25, -0.2) is 4.98 Å². The quantitative estimate of drug-likeness (QED) is 0.493. The van der Waals surface area contributed by atoms with Gasteiger partial charge in [0.1, 0.15) is 22.7 Å². The number of rotatable bonds is 6. The molecule has 0 aliphatic carbocycles. The normalized spacial score (nSPS) is 10.8. The zero-order chi connectivity index (χ0) is 22.0. The van der Waals surface area contributed by atoms with Gasteiger partial charge in [-0.05, 0) is 42.3 Å². The summed E-state index contributed by atoms with van der Waals surface area (Å²) in [6, 6.07) is 13.1. The third-order valence-electron chi connectivity index (χ3n) is 4.89. The molecule has 0 atom stereocenters. The highest BCUT2D eigenvalue weighted by Crippen LogP contribution is 2.31. The number of hydrogen-bond donors (Lipinski definition) is 1. The van der Waals surface area contributed by atoms with Crippen LogP contribution in [-0.4, -0.2) is 29.7 Å². The predicted molar refractivity (Wildman–Crippen MR) is 122 cm³/mol. The fourth-order valence-electron chi connectivity index (χ4n) is 3.29. The van der Waals surface area contributed by atoms with Gasteiger partial charge in [-0.3, -0.25) is 14.2 Å². The number of amides is 1. The molecule has 0 spiro atoms. The van der Waals surface area contributed by atoms with Crippen LogP contribution in [0.4, 0.5) is 5.69 Å². The first kappa shape index (κ1) is 20.6. The Bertz CT molecular complexity index is 1310. The second kappa shape index (κ2) is 8.61. The average molecular weight is 436 g/mol. The van der Waals surface area contributed by atoms with Gasteiger partial charge in [0.05, 0.1) is 31.8 Å². The van der Waals surface area contributed by atoms with E-state index in [1.54, 1.807) is 20.3 Å². The molecule has 4 rings (SSSR count). The van der Waals surface area contributed by atoms with Gasteiger partial charge in [-0.15, -0.1) is 11.3 Å². The minimum atomic E-state index is -0.334. The molecule has 158 valence electrons. The molecule has 4 aromatic rings. The van der Waals surface area contributed by atoms with E-state index in [4.69, 9.17) is 9.47 Å². The highest BCUT2D eigenvalue weighted by atomic mass is 32.1. The molecule has 2 aromatic heterocycles. The third kappa shape index (κ3) is 4.15. The number of carbonyl (C=O) groups excluding carboxylic acids is 1. The topological polar surface area (TPSA) is 82.5 Å². The molecule has 0 aliphatic heterocycles. The van der Waals surface area contributed by atoms with Crippen LogP contribution in [0.2, 0.25) is 0 Å². The number of hydrogen-bond acceptors (Lipinski definition) is 6. The van der Waals surface area contributed by atoms with Crippen molar-refractivity contribution in [2.24, 2.45) is 0 Å². The van der Waals surface area contributed by atoms with E-state index in [9.17, 15) is 9.59 Å². The molecule has 0 fully saturated rings. The molecule has 0 saturated heterocycles. The number of anilines is 1. The Kier molecular flexibility index (Phi) is 5.73. The Labute approximate surface area is 182 Å². The van der Waals surface area contributed by atoms with Crippen molar-refractivity contribution in [1.29, 1.82) is 0 Å². The van der Waals surface area contributed by atoms with E-state index >= 15 is 0 Å². The number of nitrogens with one attached hydrogen (secondary N) is 1. The number of benzene rings is 2. The maximum Gasteiger partial charge on any atom is 0.271 e. The largest absolute Gasteiger partial charge is 0.497 e. The van der Waals surface area contributed by atoms with Crippen molar-refractivity contribution < 1.29 is 14.3 Å². The van der Waals surface area contributed by atoms with Crippen LogP contribution in [0.15, 0.2) is 59.0 Å². The van der Waals surface area contributed by atoms with E-state index in [2.05, 4.69) is 10.3 Å². The first-order valence-corrected chi connectivity index (χ1v) is 10.4. The average Bonchev–Trinajstić information content (AvgIpc) is 3.21. The molecule has 0 bridgehead atoms. The minimum absolute atomic E-state index is 0.144. The summed E-state index contributed by atoms with van der Waals surface area (Å²) < 4.78 is 12.3. The fraction of sp³-hybridized carbons (Fsp3) is 0.174. The number of aryl methyl sites for hydroxylation is 1. The number of nitrogens with zero attached hydrogens (tertiary/aromatic N) is 2. The molecule has 8 heteroatoms. The Hall–Kier alpha value is -3.65. The summed E-state index contributed by atoms with van der Waals surface area (Å²) in [6.07, 6.45) is 1.41. The van der Waals surface area contributed by atoms with E-state index < -0.39 is 0 Å². The van der Waals surface area contributed by atoms with Crippen molar-refractivity contribution in [3.8, 4) is 22.6 Å². The zero-order valence-corrected chi connectivity index (χ0v) is 18.2. The first-order chi connectivity index (χ1) is 15.0. The summed E-state index contributed by atoms with van der Waals surface area (Å²) in [7, 11) is 3.16. The van der Waals surface area contributed by atoms with Gasteiger partial charge in [0.15, 0.2) is 0 Å². The number of fused-ring (bicyclic) bond motifs is 1. The standard InChI is InChI=1S/C23H21N3O4S/c1-14-4-9-19(30-3)18(10-14)25-20(27)11-26-13-24-21-17(12-31-22(21)23(26)28)15-5-7-16(29-2)8-6-15/h4-10,12-13H,11H2,1-3H3,(H,25,27). The van der Waals surface area contributed by atoms with Crippen molar-refractivity contribution >= 4 is 33.1 Å². The van der Waals surface area contributed by atoms with Gasteiger partial charge in [-0.1, -0.05) is 18.2 Å². The van der Waals surface area contributed by atoms with Crippen LogP contribution in [0.5, 0.6) is 11.5 Å². The van der Waals surface area contributed by atoms with Gasteiger partial charge in [0.25, 0.3) is 5.56 Å². The lowest BCUT2D eigenvalue weighted by atomic mass is 10.1. The molecule has 1 amide bonds. The monoisotopic (exact) mass is 435 g/mol. The van der Waals surface area contributed by atoms with Crippen LogP contribution in [0, 0.1) is 6.92 Å².